The topological polar surface area (TPSA) is 58.4 Å². The van der Waals surface area contributed by atoms with Crippen molar-refractivity contribution in [2.75, 3.05) is 26.2 Å². The standard InChI is InChI=1S/C10H19N3O/c1-8(11)9(14)13-5-3-10(7-13)2-4-12-6-10/h8,12H,2-7,11H2,1H3. The van der Waals surface area contributed by atoms with E-state index in [0.29, 0.717) is 5.41 Å². The first-order chi connectivity index (χ1) is 6.63. The van der Waals surface area contributed by atoms with Crippen LogP contribution in [0.1, 0.15) is 19.8 Å². The summed E-state index contributed by atoms with van der Waals surface area (Å²) in [7, 11) is 0. The number of nitrogens with zero attached hydrogens (tertiary/aromatic N) is 1. The lowest BCUT2D eigenvalue weighted by atomic mass is 9.86. The van der Waals surface area contributed by atoms with Crippen molar-refractivity contribution in [3.8, 4) is 0 Å². The van der Waals surface area contributed by atoms with Gasteiger partial charge in [0.25, 0.3) is 0 Å². The number of carbonyl (C=O) groups is 1. The van der Waals surface area contributed by atoms with Gasteiger partial charge < -0.3 is 16.0 Å². The van der Waals surface area contributed by atoms with Crippen LogP contribution < -0.4 is 11.1 Å². The molecule has 2 heterocycles. The first-order valence-electron chi connectivity index (χ1n) is 5.38. The fourth-order valence-corrected chi connectivity index (χ4v) is 2.56. The second kappa shape index (κ2) is 3.51. The van der Waals surface area contributed by atoms with Crippen LogP contribution in [0, 0.1) is 5.41 Å². The predicted molar refractivity (Wildman–Crippen MR) is 54.8 cm³/mol. The van der Waals surface area contributed by atoms with Crippen LogP contribution in [0.5, 0.6) is 0 Å². The summed E-state index contributed by atoms with van der Waals surface area (Å²) in [6, 6.07) is -0.348. The first kappa shape index (κ1) is 9.93. The van der Waals surface area contributed by atoms with E-state index >= 15 is 0 Å². The molecule has 0 aromatic heterocycles. The molecule has 2 unspecified atom stereocenters. The summed E-state index contributed by atoms with van der Waals surface area (Å²) in [4.78, 5) is 13.6. The van der Waals surface area contributed by atoms with Crippen molar-refractivity contribution in [1.29, 1.82) is 0 Å². The molecule has 3 N–H and O–H groups in total. The van der Waals surface area contributed by atoms with E-state index in [2.05, 4.69) is 5.32 Å². The van der Waals surface area contributed by atoms with E-state index in [-0.39, 0.29) is 11.9 Å². The Morgan fingerprint density at radius 2 is 2.36 bits per heavy atom. The Morgan fingerprint density at radius 1 is 1.57 bits per heavy atom. The molecule has 0 aromatic carbocycles. The van der Waals surface area contributed by atoms with Crippen molar-refractivity contribution in [2.24, 2.45) is 11.1 Å². The van der Waals surface area contributed by atoms with Gasteiger partial charge in [-0.05, 0) is 26.3 Å². The highest BCUT2D eigenvalue weighted by Gasteiger charge is 2.42. The summed E-state index contributed by atoms with van der Waals surface area (Å²) in [5.41, 5.74) is 5.96. The van der Waals surface area contributed by atoms with E-state index in [9.17, 15) is 4.79 Å². The summed E-state index contributed by atoms with van der Waals surface area (Å²) in [5, 5.41) is 3.37. The molecule has 14 heavy (non-hydrogen) atoms. The minimum atomic E-state index is -0.348. The van der Waals surface area contributed by atoms with Gasteiger partial charge in [-0.1, -0.05) is 0 Å². The maximum absolute atomic E-state index is 11.7. The molecule has 0 radical (unpaired) electrons. The zero-order chi connectivity index (χ0) is 10.2. The van der Waals surface area contributed by atoms with Gasteiger partial charge in [0, 0.05) is 25.0 Å². The second-order valence-corrected chi connectivity index (χ2v) is 4.73. The Bertz CT molecular complexity index is 234. The Labute approximate surface area is 84.8 Å². The van der Waals surface area contributed by atoms with Crippen molar-refractivity contribution < 1.29 is 4.79 Å². The van der Waals surface area contributed by atoms with E-state index in [1.807, 2.05) is 4.90 Å². The van der Waals surface area contributed by atoms with Crippen molar-refractivity contribution >= 4 is 5.91 Å². The van der Waals surface area contributed by atoms with E-state index in [0.717, 1.165) is 32.6 Å². The molecule has 0 aromatic rings. The molecule has 2 rings (SSSR count). The SMILES string of the molecule is CC(N)C(=O)N1CCC2(CCNC2)C1. The van der Waals surface area contributed by atoms with Gasteiger partial charge in [0.05, 0.1) is 6.04 Å². The Kier molecular flexibility index (Phi) is 2.49. The number of amides is 1. The van der Waals surface area contributed by atoms with Gasteiger partial charge in [-0.2, -0.15) is 0 Å². The molecule has 4 nitrogen and oxygen atoms in total. The average Bonchev–Trinajstić information content (AvgIpc) is 2.76. The summed E-state index contributed by atoms with van der Waals surface area (Å²) in [6.07, 6.45) is 2.34. The van der Waals surface area contributed by atoms with Gasteiger partial charge in [-0.3, -0.25) is 4.79 Å². The molecule has 0 bridgehead atoms. The number of hydrogen-bond acceptors (Lipinski definition) is 3. The maximum Gasteiger partial charge on any atom is 0.239 e. The Morgan fingerprint density at radius 3 is 2.93 bits per heavy atom. The van der Waals surface area contributed by atoms with Gasteiger partial charge in [0.15, 0.2) is 0 Å². The molecule has 1 spiro atoms. The van der Waals surface area contributed by atoms with Crippen LogP contribution in [0.25, 0.3) is 0 Å². The lowest BCUT2D eigenvalue weighted by Crippen LogP contribution is -2.42. The number of hydrogen-bond donors (Lipinski definition) is 2. The minimum absolute atomic E-state index is 0.105. The zero-order valence-corrected chi connectivity index (χ0v) is 8.75. The molecule has 80 valence electrons. The molecule has 2 saturated heterocycles. The normalized spacial score (nSPS) is 34.0. The first-order valence-corrected chi connectivity index (χ1v) is 5.38. The molecule has 0 aliphatic carbocycles. The summed E-state index contributed by atoms with van der Waals surface area (Å²) < 4.78 is 0. The maximum atomic E-state index is 11.7. The van der Waals surface area contributed by atoms with Crippen molar-refractivity contribution in [2.45, 2.75) is 25.8 Å². The average molecular weight is 197 g/mol. The zero-order valence-electron chi connectivity index (χ0n) is 8.75. The molecule has 2 fully saturated rings. The van der Waals surface area contributed by atoms with Crippen LogP contribution in [0.15, 0.2) is 0 Å². The lowest BCUT2D eigenvalue weighted by Gasteiger charge is -2.23. The number of carbonyl (C=O) groups excluding carboxylic acids is 1. The fraction of sp³-hybridized carbons (Fsp3) is 0.900. The van der Waals surface area contributed by atoms with Crippen LogP contribution in [-0.4, -0.2) is 43.0 Å². The molecule has 2 atom stereocenters. The third-order valence-electron chi connectivity index (χ3n) is 3.47. The van der Waals surface area contributed by atoms with Crippen LogP contribution >= 0.6 is 0 Å². The van der Waals surface area contributed by atoms with Gasteiger partial charge in [0.1, 0.15) is 0 Å². The molecule has 4 heteroatoms. The molecule has 1 amide bonds. The van der Waals surface area contributed by atoms with Gasteiger partial charge in [-0.15, -0.1) is 0 Å². The largest absolute Gasteiger partial charge is 0.341 e. The smallest absolute Gasteiger partial charge is 0.239 e. The van der Waals surface area contributed by atoms with Crippen molar-refractivity contribution in [1.82, 2.24) is 10.2 Å². The van der Waals surface area contributed by atoms with Crippen molar-refractivity contribution in [3.05, 3.63) is 0 Å². The van der Waals surface area contributed by atoms with E-state index in [1.54, 1.807) is 6.92 Å². The predicted octanol–water partition coefficient (Wildman–Crippen LogP) is -0.454. The summed E-state index contributed by atoms with van der Waals surface area (Å²) >= 11 is 0. The molecular formula is C10H19N3O. The minimum Gasteiger partial charge on any atom is -0.341 e. The van der Waals surface area contributed by atoms with Crippen molar-refractivity contribution in [3.63, 3.8) is 0 Å². The van der Waals surface area contributed by atoms with E-state index in [4.69, 9.17) is 5.73 Å². The number of likely N-dealkylation sites (tertiary alicyclic amines) is 1. The number of nitrogens with two attached hydrogens (primary N) is 1. The van der Waals surface area contributed by atoms with E-state index in [1.165, 1.54) is 6.42 Å². The monoisotopic (exact) mass is 197 g/mol. The van der Waals surface area contributed by atoms with E-state index < -0.39 is 0 Å². The molecule has 2 aliphatic rings. The second-order valence-electron chi connectivity index (χ2n) is 4.73. The Balaban J connectivity index is 1.97. The fourth-order valence-electron chi connectivity index (χ4n) is 2.56. The highest BCUT2D eigenvalue weighted by molar-refractivity contribution is 5.81. The van der Waals surface area contributed by atoms with Gasteiger partial charge in [0.2, 0.25) is 5.91 Å². The third-order valence-corrected chi connectivity index (χ3v) is 3.47. The van der Waals surface area contributed by atoms with Gasteiger partial charge in [-0.25, -0.2) is 0 Å². The van der Waals surface area contributed by atoms with Crippen LogP contribution in [-0.2, 0) is 4.79 Å². The highest BCUT2D eigenvalue weighted by atomic mass is 16.2. The molecule has 0 saturated carbocycles. The Hall–Kier alpha value is -0.610. The summed E-state index contributed by atoms with van der Waals surface area (Å²) in [5.74, 6) is 0.105. The number of nitrogens with one attached hydrogen (secondary N) is 1. The quantitative estimate of drug-likeness (QED) is 0.598. The third kappa shape index (κ3) is 1.64. The molecule has 2 aliphatic heterocycles. The summed E-state index contributed by atoms with van der Waals surface area (Å²) in [6.45, 7) is 5.72. The van der Waals surface area contributed by atoms with Crippen LogP contribution in [0.3, 0.4) is 0 Å². The van der Waals surface area contributed by atoms with Crippen LogP contribution in [0.2, 0.25) is 0 Å². The van der Waals surface area contributed by atoms with Gasteiger partial charge >= 0.3 is 0 Å². The molecular weight excluding hydrogens is 178 g/mol. The van der Waals surface area contributed by atoms with Crippen LogP contribution in [0.4, 0.5) is 0 Å². The highest BCUT2D eigenvalue weighted by Crippen LogP contribution is 2.35. The lowest BCUT2D eigenvalue weighted by molar-refractivity contribution is -0.131. The number of rotatable bonds is 1.